The van der Waals surface area contributed by atoms with E-state index in [-0.39, 0.29) is 28.8 Å². The van der Waals surface area contributed by atoms with Crippen LogP contribution in [0.1, 0.15) is 43.0 Å². The van der Waals surface area contributed by atoms with Crippen LogP contribution >= 0.6 is 12.4 Å². The summed E-state index contributed by atoms with van der Waals surface area (Å²) in [4.78, 5) is 14.5. The third kappa shape index (κ3) is 5.91. The molecule has 6 nitrogen and oxygen atoms in total. The number of nitrogens with zero attached hydrogens (tertiary/aromatic N) is 2. The first-order chi connectivity index (χ1) is 12.4. The summed E-state index contributed by atoms with van der Waals surface area (Å²) < 4.78 is 27.8. The lowest BCUT2D eigenvalue weighted by molar-refractivity contribution is 0.0789. The number of amides is 1. The first-order valence-electron chi connectivity index (χ1n) is 9.41. The SMILES string of the molecule is CCCCN(C)C(=O)c1ccccc1S(=O)(=O)N1CCC(CNC)CC1.Cl. The van der Waals surface area contributed by atoms with E-state index in [0.29, 0.717) is 25.6 Å². The maximum absolute atomic E-state index is 13.2. The minimum atomic E-state index is -3.66. The Labute approximate surface area is 169 Å². The zero-order valence-electron chi connectivity index (χ0n) is 16.5. The van der Waals surface area contributed by atoms with Crippen molar-refractivity contribution in [2.45, 2.75) is 37.5 Å². The summed E-state index contributed by atoms with van der Waals surface area (Å²) >= 11 is 0. The lowest BCUT2D eigenvalue weighted by Gasteiger charge is -2.31. The molecule has 1 aromatic carbocycles. The van der Waals surface area contributed by atoms with Crippen molar-refractivity contribution in [3.05, 3.63) is 29.8 Å². The predicted octanol–water partition coefficient (Wildman–Crippen LogP) is 2.60. The molecular weight excluding hydrogens is 386 g/mol. The Hall–Kier alpha value is -1.15. The van der Waals surface area contributed by atoms with Gasteiger partial charge in [0.05, 0.1) is 10.5 Å². The number of hydrogen-bond donors (Lipinski definition) is 1. The average Bonchev–Trinajstić information content (AvgIpc) is 2.66. The van der Waals surface area contributed by atoms with Crippen LogP contribution in [0.4, 0.5) is 0 Å². The molecule has 1 aliphatic heterocycles. The fourth-order valence-corrected chi connectivity index (χ4v) is 5.01. The Balaban J connectivity index is 0.00000364. The second-order valence-corrected chi connectivity index (χ2v) is 8.89. The van der Waals surface area contributed by atoms with Crippen LogP contribution in [0.3, 0.4) is 0 Å². The maximum atomic E-state index is 13.2. The Morgan fingerprint density at radius 2 is 1.89 bits per heavy atom. The van der Waals surface area contributed by atoms with Crippen molar-refractivity contribution in [2.24, 2.45) is 5.92 Å². The van der Waals surface area contributed by atoms with E-state index in [1.807, 2.05) is 7.05 Å². The minimum Gasteiger partial charge on any atom is -0.342 e. The van der Waals surface area contributed by atoms with E-state index in [1.54, 1.807) is 36.2 Å². The highest BCUT2D eigenvalue weighted by atomic mass is 35.5. The maximum Gasteiger partial charge on any atom is 0.254 e. The number of carbonyl (C=O) groups excluding carboxylic acids is 1. The molecule has 1 N–H and O–H groups in total. The molecular formula is C19H32ClN3O3S. The summed E-state index contributed by atoms with van der Waals surface area (Å²) in [5.74, 6) is 0.270. The van der Waals surface area contributed by atoms with Gasteiger partial charge < -0.3 is 10.2 Å². The molecule has 1 amide bonds. The molecule has 0 atom stereocenters. The molecule has 154 valence electrons. The largest absolute Gasteiger partial charge is 0.342 e. The van der Waals surface area contributed by atoms with Crippen LogP contribution in [0.2, 0.25) is 0 Å². The predicted molar refractivity (Wildman–Crippen MR) is 111 cm³/mol. The molecule has 0 spiro atoms. The molecule has 2 rings (SSSR count). The highest BCUT2D eigenvalue weighted by Gasteiger charge is 2.32. The molecule has 1 aliphatic rings. The smallest absolute Gasteiger partial charge is 0.254 e. The van der Waals surface area contributed by atoms with E-state index in [0.717, 1.165) is 32.2 Å². The van der Waals surface area contributed by atoms with Gasteiger partial charge in [-0.25, -0.2) is 8.42 Å². The second kappa shape index (κ2) is 11.0. The molecule has 27 heavy (non-hydrogen) atoms. The van der Waals surface area contributed by atoms with Crippen LogP contribution in [-0.4, -0.2) is 63.8 Å². The van der Waals surface area contributed by atoms with E-state index >= 15 is 0 Å². The molecule has 1 fully saturated rings. The molecule has 1 aromatic rings. The Bertz CT molecular complexity index is 704. The van der Waals surface area contributed by atoms with Gasteiger partial charge in [-0.2, -0.15) is 4.31 Å². The standard InChI is InChI=1S/C19H31N3O3S.ClH/c1-4-5-12-21(3)19(23)17-8-6-7-9-18(17)26(24,25)22-13-10-16(11-14-22)15-20-2;/h6-9,16,20H,4-5,10-15H2,1-3H3;1H. The zero-order valence-corrected chi connectivity index (χ0v) is 18.1. The third-order valence-electron chi connectivity index (χ3n) is 5.00. The molecule has 8 heteroatoms. The number of unbranched alkanes of at least 4 members (excludes halogenated alkanes) is 1. The van der Waals surface area contributed by atoms with Crippen molar-refractivity contribution >= 4 is 28.3 Å². The summed E-state index contributed by atoms with van der Waals surface area (Å²) in [6, 6.07) is 6.57. The molecule has 1 heterocycles. The van der Waals surface area contributed by atoms with Crippen LogP contribution in [-0.2, 0) is 10.0 Å². The van der Waals surface area contributed by atoms with Crippen LogP contribution < -0.4 is 5.32 Å². The lowest BCUT2D eigenvalue weighted by atomic mass is 9.98. The van der Waals surface area contributed by atoms with Crippen molar-refractivity contribution in [3.63, 3.8) is 0 Å². The molecule has 0 unspecified atom stereocenters. The van der Waals surface area contributed by atoms with E-state index in [9.17, 15) is 13.2 Å². The lowest BCUT2D eigenvalue weighted by Crippen LogP contribution is -2.41. The van der Waals surface area contributed by atoms with Crippen molar-refractivity contribution in [1.29, 1.82) is 0 Å². The summed E-state index contributed by atoms with van der Waals surface area (Å²) in [5.41, 5.74) is 0.267. The number of piperidine rings is 1. The third-order valence-corrected chi connectivity index (χ3v) is 6.95. The minimum absolute atomic E-state index is 0. The van der Waals surface area contributed by atoms with Gasteiger partial charge in [0.15, 0.2) is 0 Å². The van der Waals surface area contributed by atoms with Crippen LogP contribution in [0.5, 0.6) is 0 Å². The number of nitrogens with one attached hydrogen (secondary N) is 1. The van der Waals surface area contributed by atoms with Gasteiger partial charge >= 0.3 is 0 Å². The molecule has 0 saturated carbocycles. The number of benzene rings is 1. The fourth-order valence-electron chi connectivity index (χ4n) is 3.35. The molecule has 1 saturated heterocycles. The molecule has 0 aromatic heterocycles. The van der Waals surface area contributed by atoms with Crippen LogP contribution in [0.25, 0.3) is 0 Å². The van der Waals surface area contributed by atoms with Crippen molar-refractivity contribution in [3.8, 4) is 0 Å². The van der Waals surface area contributed by atoms with Gasteiger partial charge in [0.25, 0.3) is 5.91 Å². The monoisotopic (exact) mass is 417 g/mol. The summed E-state index contributed by atoms with van der Waals surface area (Å²) in [6.45, 7) is 4.60. The van der Waals surface area contributed by atoms with E-state index in [4.69, 9.17) is 0 Å². The van der Waals surface area contributed by atoms with Gasteiger partial charge in [-0.3, -0.25) is 4.79 Å². The Morgan fingerprint density at radius 1 is 1.26 bits per heavy atom. The zero-order chi connectivity index (χ0) is 19.2. The summed E-state index contributed by atoms with van der Waals surface area (Å²) in [5, 5.41) is 3.16. The number of sulfonamides is 1. The summed E-state index contributed by atoms with van der Waals surface area (Å²) in [6.07, 6.45) is 3.56. The van der Waals surface area contributed by atoms with Crippen molar-refractivity contribution < 1.29 is 13.2 Å². The van der Waals surface area contributed by atoms with E-state index in [1.165, 1.54) is 4.31 Å². The van der Waals surface area contributed by atoms with E-state index < -0.39 is 10.0 Å². The van der Waals surface area contributed by atoms with Gasteiger partial charge in [-0.05, 0) is 50.9 Å². The number of hydrogen-bond acceptors (Lipinski definition) is 4. The van der Waals surface area contributed by atoms with Crippen molar-refractivity contribution in [2.75, 3.05) is 40.3 Å². The topological polar surface area (TPSA) is 69.7 Å². The summed E-state index contributed by atoms with van der Waals surface area (Å²) in [7, 11) is -0.0212. The first-order valence-corrected chi connectivity index (χ1v) is 10.8. The van der Waals surface area contributed by atoms with Gasteiger partial charge in [-0.15, -0.1) is 12.4 Å². The number of carbonyl (C=O) groups is 1. The Morgan fingerprint density at radius 3 is 2.48 bits per heavy atom. The normalized spacial score (nSPS) is 16.0. The van der Waals surface area contributed by atoms with Crippen LogP contribution in [0, 0.1) is 5.92 Å². The van der Waals surface area contributed by atoms with Gasteiger partial charge in [0.1, 0.15) is 0 Å². The van der Waals surface area contributed by atoms with Gasteiger partial charge in [0, 0.05) is 26.7 Å². The molecule has 0 radical (unpaired) electrons. The Kier molecular flexibility index (Phi) is 9.73. The second-order valence-electron chi connectivity index (χ2n) is 6.98. The van der Waals surface area contributed by atoms with Gasteiger partial charge in [-0.1, -0.05) is 25.5 Å². The quantitative estimate of drug-likeness (QED) is 0.705. The highest BCUT2D eigenvalue weighted by Crippen LogP contribution is 2.26. The average molecular weight is 418 g/mol. The van der Waals surface area contributed by atoms with Crippen molar-refractivity contribution in [1.82, 2.24) is 14.5 Å². The number of halogens is 1. The molecule has 0 aliphatic carbocycles. The molecule has 0 bridgehead atoms. The van der Waals surface area contributed by atoms with Gasteiger partial charge in [0.2, 0.25) is 10.0 Å². The highest BCUT2D eigenvalue weighted by molar-refractivity contribution is 7.89. The van der Waals surface area contributed by atoms with Crippen LogP contribution in [0.15, 0.2) is 29.2 Å². The fraction of sp³-hybridized carbons (Fsp3) is 0.632. The first kappa shape index (κ1) is 23.9. The number of rotatable bonds is 8. The van der Waals surface area contributed by atoms with E-state index in [2.05, 4.69) is 12.2 Å².